The molecule has 5 heteroatoms. The number of aromatic nitrogens is 1. The summed E-state index contributed by atoms with van der Waals surface area (Å²) in [4.78, 5) is 18.7. The minimum atomic E-state index is -0.519. The van der Waals surface area contributed by atoms with Crippen LogP contribution in [0.5, 0.6) is 5.75 Å². The summed E-state index contributed by atoms with van der Waals surface area (Å²) >= 11 is 0. The highest BCUT2D eigenvalue weighted by atomic mass is 16.5. The van der Waals surface area contributed by atoms with Crippen LogP contribution in [-0.2, 0) is 17.8 Å². The molecule has 116 valence electrons. The Balaban J connectivity index is 1.72. The molecule has 1 aromatic carbocycles. The van der Waals surface area contributed by atoms with E-state index in [1.807, 2.05) is 42.5 Å². The van der Waals surface area contributed by atoms with Crippen molar-refractivity contribution in [3.05, 3.63) is 59.9 Å². The number of para-hydroxylation sites is 1. The average Bonchev–Trinajstić information content (AvgIpc) is 3.03. The highest BCUT2D eigenvalue weighted by molar-refractivity contribution is 5.82. The van der Waals surface area contributed by atoms with E-state index in [0.29, 0.717) is 19.5 Å². The van der Waals surface area contributed by atoms with Crippen molar-refractivity contribution in [1.29, 1.82) is 5.26 Å². The average molecular weight is 307 g/mol. The molecule has 23 heavy (non-hydrogen) atoms. The molecule has 0 aliphatic carbocycles. The Bertz CT molecular complexity index is 700. The fourth-order valence-electron chi connectivity index (χ4n) is 2.66. The fraction of sp³-hybridized carbons (Fsp3) is 0.278. The van der Waals surface area contributed by atoms with Crippen LogP contribution in [0.15, 0.2) is 48.7 Å². The van der Waals surface area contributed by atoms with Gasteiger partial charge in [0.2, 0.25) is 0 Å². The predicted octanol–water partition coefficient (Wildman–Crippen LogP) is 2.33. The maximum atomic E-state index is 12.8. The van der Waals surface area contributed by atoms with E-state index in [9.17, 15) is 4.79 Å². The zero-order chi connectivity index (χ0) is 16.1. The smallest absolute Gasteiger partial charge is 0.264 e. The van der Waals surface area contributed by atoms with Crippen LogP contribution in [0.2, 0.25) is 0 Å². The SMILES string of the molecule is N#CCCN(Cc1ccccn1)C(=O)[C@@H]1Cc2ccccc2O1. The van der Waals surface area contributed by atoms with Crippen molar-refractivity contribution in [2.45, 2.75) is 25.5 Å². The molecule has 5 nitrogen and oxygen atoms in total. The molecule has 3 rings (SSSR count). The normalized spacial score (nSPS) is 15.3. The molecule has 2 aromatic rings. The van der Waals surface area contributed by atoms with Gasteiger partial charge in [-0.2, -0.15) is 5.26 Å². The molecular weight excluding hydrogens is 290 g/mol. The van der Waals surface area contributed by atoms with Gasteiger partial charge in [0.15, 0.2) is 6.10 Å². The van der Waals surface area contributed by atoms with Crippen LogP contribution in [0.3, 0.4) is 0 Å². The van der Waals surface area contributed by atoms with Crippen molar-refractivity contribution in [3.8, 4) is 11.8 Å². The largest absolute Gasteiger partial charge is 0.480 e. The molecule has 0 N–H and O–H groups in total. The summed E-state index contributed by atoms with van der Waals surface area (Å²) in [6.45, 7) is 0.764. The van der Waals surface area contributed by atoms with Crippen molar-refractivity contribution in [1.82, 2.24) is 9.88 Å². The second-order valence-electron chi connectivity index (χ2n) is 5.41. The second kappa shape index (κ2) is 6.93. The molecule has 2 heterocycles. The summed E-state index contributed by atoms with van der Waals surface area (Å²) in [6, 6.07) is 15.4. The molecule has 1 aromatic heterocycles. The monoisotopic (exact) mass is 307 g/mol. The zero-order valence-corrected chi connectivity index (χ0v) is 12.7. The summed E-state index contributed by atoms with van der Waals surface area (Å²) in [6.07, 6.45) is 2.04. The van der Waals surface area contributed by atoms with E-state index in [4.69, 9.17) is 10.00 Å². The Kier molecular flexibility index (Phi) is 4.53. The van der Waals surface area contributed by atoms with Gasteiger partial charge in [-0.3, -0.25) is 9.78 Å². The Morgan fingerprint density at radius 3 is 2.87 bits per heavy atom. The van der Waals surface area contributed by atoms with Crippen molar-refractivity contribution in [2.24, 2.45) is 0 Å². The van der Waals surface area contributed by atoms with Gasteiger partial charge in [0.1, 0.15) is 5.75 Å². The molecule has 0 fully saturated rings. The molecule has 1 aliphatic rings. The number of carbonyl (C=O) groups excluding carboxylic acids is 1. The van der Waals surface area contributed by atoms with Gasteiger partial charge in [0, 0.05) is 19.2 Å². The lowest BCUT2D eigenvalue weighted by molar-refractivity contribution is -0.138. The van der Waals surface area contributed by atoms with Gasteiger partial charge in [-0.1, -0.05) is 24.3 Å². The standard InChI is InChI=1S/C18H17N3O2/c19-9-5-11-21(13-15-7-3-4-10-20-15)18(22)17-12-14-6-1-2-8-16(14)23-17/h1-4,6-8,10,17H,5,11-13H2/t17-/m0/s1. The third-order valence-electron chi connectivity index (χ3n) is 3.81. The summed E-state index contributed by atoms with van der Waals surface area (Å²) in [5, 5.41) is 8.84. The first-order valence-electron chi connectivity index (χ1n) is 7.58. The second-order valence-corrected chi connectivity index (χ2v) is 5.41. The van der Waals surface area contributed by atoms with Crippen LogP contribution in [0.1, 0.15) is 17.7 Å². The number of ether oxygens (including phenoxy) is 1. The topological polar surface area (TPSA) is 66.2 Å². The number of hydrogen-bond donors (Lipinski definition) is 0. The van der Waals surface area contributed by atoms with E-state index >= 15 is 0 Å². The highest BCUT2D eigenvalue weighted by Crippen LogP contribution is 2.29. The van der Waals surface area contributed by atoms with Crippen LogP contribution in [0.25, 0.3) is 0 Å². The number of carbonyl (C=O) groups is 1. The number of nitrogens with zero attached hydrogens (tertiary/aromatic N) is 3. The maximum absolute atomic E-state index is 12.8. The van der Waals surface area contributed by atoms with Gasteiger partial charge in [0.05, 0.1) is 24.7 Å². The quantitative estimate of drug-likeness (QED) is 0.850. The summed E-state index contributed by atoms with van der Waals surface area (Å²) in [5.41, 5.74) is 1.85. The van der Waals surface area contributed by atoms with Gasteiger partial charge in [0.25, 0.3) is 5.91 Å². The molecule has 1 aliphatic heterocycles. The van der Waals surface area contributed by atoms with E-state index < -0.39 is 6.10 Å². The Labute approximate surface area is 135 Å². The Morgan fingerprint density at radius 2 is 2.13 bits per heavy atom. The highest BCUT2D eigenvalue weighted by Gasteiger charge is 2.32. The van der Waals surface area contributed by atoms with Crippen molar-refractivity contribution in [2.75, 3.05) is 6.54 Å². The summed E-state index contributed by atoms with van der Waals surface area (Å²) in [5.74, 6) is 0.672. The molecule has 0 saturated carbocycles. The molecule has 1 atom stereocenters. The molecule has 0 bridgehead atoms. The van der Waals surface area contributed by atoms with Crippen LogP contribution >= 0.6 is 0 Å². The molecule has 0 saturated heterocycles. The van der Waals surface area contributed by atoms with Crippen LogP contribution in [-0.4, -0.2) is 28.4 Å². The summed E-state index contributed by atoms with van der Waals surface area (Å²) < 4.78 is 5.77. The van der Waals surface area contributed by atoms with Gasteiger partial charge >= 0.3 is 0 Å². The van der Waals surface area contributed by atoms with Gasteiger partial charge in [-0.15, -0.1) is 0 Å². The number of hydrogen-bond acceptors (Lipinski definition) is 4. The van der Waals surface area contributed by atoms with Crippen molar-refractivity contribution < 1.29 is 9.53 Å². The minimum Gasteiger partial charge on any atom is -0.480 e. The van der Waals surface area contributed by atoms with E-state index in [-0.39, 0.29) is 12.3 Å². The van der Waals surface area contributed by atoms with E-state index in [1.165, 1.54) is 0 Å². The van der Waals surface area contributed by atoms with Crippen molar-refractivity contribution in [3.63, 3.8) is 0 Å². The first-order valence-corrected chi connectivity index (χ1v) is 7.58. The zero-order valence-electron chi connectivity index (χ0n) is 12.7. The maximum Gasteiger partial charge on any atom is 0.264 e. The number of nitriles is 1. The number of amides is 1. The number of fused-ring (bicyclic) bond motifs is 1. The van der Waals surface area contributed by atoms with Crippen LogP contribution < -0.4 is 4.74 Å². The molecule has 0 spiro atoms. The number of benzene rings is 1. The predicted molar refractivity (Wildman–Crippen MR) is 84.4 cm³/mol. The van der Waals surface area contributed by atoms with Gasteiger partial charge < -0.3 is 9.64 Å². The van der Waals surface area contributed by atoms with E-state index in [1.54, 1.807) is 11.1 Å². The number of pyridine rings is 1. The van der Waals surface area contributed by atoms with Crippen LogP contribution in [0, 0.1) is 11.3 Å². The molecular formula is C18H17N3O2. The first-order chi connectivity index (χ1) is 11.3. The molecule has 0 unspecified atom stereocenters. The van der Waals surface area contributed by atoms with E-state index in [2.05, 4.69) is 11.1 Å². The van der Waals surface area contributed by atoms with Gasteiger partial charge in [-0.05, 0) is 23.8 Å². The third kappa shape index (κ3) is 3.49. The van der Waals surface area contributed by atoms with E-state index in [0.717, 1.165) is 17.0 Å². The van der Waals surface area contributed by atoms with Gasteiger partial charge in [-0.25, -0.2) is 0 Å². The van der Waals surface area contributed by atoms with Crippen LogP contribution in [0.4, 0.5) is 0 Å². The van der Waals surface area contributed by atoms with Crippen molar-refractivity contribution >= 4 is 5.91 Å². The molecule has 1 amide bonds. The Hall–Kier alpha value is -2.87. The lowest BCUT2D eigenvalue weighted by atomic mass is 10.1. The lowest BCUT2D eigenvalue weighted by Crippen LogP contribution is -2.41. The third-order valence-corrected chi connectivity index (χ3v) is 3.81. The fourth-order valence-corrected chi connectivity index (χ4v) is 2.66. The summed E-state index contributed by atoms with van der Waals surface area (Å²) in [7, 11) is 0. The number of rotatable bonds is 5. The minimum absolute atomic E-state index is 0.0953. The molecule has 0 radical (unpaired) electrons. The first kappa shape index (κ1) is 15.0. The Morgan fingerprint density at radius 1 is 1.30 bits per heavy atom. The lowest BCUT2D eigenvalue weighted by Gasteiger charge is -2.24.